The molecule has 0 aromatic heterocycles. The third-order valence-corrected chi connectivity index (χ3v) is 1.08. The van der Waals surface area contributed by atoms with Crippen LogP contribution in [0.4, 0.5) is 4.79 Å². The second-order valence-electron chi connectivity index (χ2n) is 2.05. The molecule has 0 heterocycles. The van der Waals surface area contributed by atoms with Gasteiger partial charge < -0.3 is 20.5 Å². The second kappa shape index (κ2) is 8.29. The van der Waals surface area contributed by atoms with Crippen molar-refractivity contribution in [3.63, 3.8) is 0 Å². The van der Waals surface area contributed by atoms with Gasteiger partial charge in [-0.2, -0.15) is 0 Å². The zero-order valence-corrected chi connectivity index (χ0v) is 7.34. The van der Waals surface area contributed by atoms with Crippen LogP contribution in [0.2, 0.25) is 0 Å². The van der Waals surface area contributed by atoms with E-state index in [4.69, 9.17) is 15.2 Å². The molecule has 0 atom stereocenters. The summed E-state index contributed by atoms with van der Waals surface area (Å²) in [5.41, 5.74) is 5.16. The molecule has 0 rings (SSSR count). The molecule has 12 heavy (non-hydrogen) atoms. The van der Waals surface area contributed by atoms with Crippen LogP contribution in [0.15, 0.2) is 0 Å². The highest BCUT2D eigenvalue weighted by Crippen LogP contribution is 1.79. The number of amides is 1. The molecule has 1 amide bonds. The van der Waals surface area contributed by atoms with Gasteiger partial charge in [-0.05, 0) is 6.92 Å². The van der Waals surface area contributed by atoms with Crippen molar-refractivity contribution in [2.75, 3.05) is 32.9 Å². The number of ether oxygens (including phenoxy) is 2. The van der Waals surface area contributed by atoms with Crippen molar-refractivity contribution in [2.45, 2.75) is 6.92 Å². The summed E-state index contributed by atoms with van der Waals surface area (Å²) in [4.78, 5) is 10.7. The normalized spacial score (nSPS) is 9.50. The fraction of sp³-hybridized carbons (Fsp3) is 0.857. The highest BCUT2D eigenvalue weighted by Gasteiger charge is 1.98. The van der Waals surface area contributed by atoms with Crippen LogP contribution in [0, 0.1) is 0 Å². The van der Waals surface area contributed by atoms with E-state index in [1.54, 1.807) is 0 Å². The minimum absolute atomic E-state index is 0.282. The molecule has 0 fully saturated rings. The van der Waals surface area contributed by atoms with Crippen LogP contribution in [0.3, 0.4) is 0 Å². The third-order valence-electron chi connectivity index (χ3n) is 1.08. The van der Waals surface area contributed by atoms with E-state index in [9.17, 15) is 4.79 Å². The second-order valence-corrected chi connectivity index (χ2v) is 2.05. The minimum Gasteiger partial charge on any atom is -0.447 e. The van der Waals surface area contributed by atoms with E-state index in [0.717, 1.165) is 0 Å². The quantitative estimate of drug-likeness (QED) is 0.545. The van der Waals surface area contributed by atoms with Crippen molar-refractivity contribution in [1.29, 1.82) is 0 Å². The summed E-state index contributed by atoms with van der Waals surface area (Å²) >= 11 is 0. The van der Waals surface area contributed by atoms with Crippen LogP contribution in [0.25, 0.3) is 0 Å². The summed E-state index contributed by atoms with van der Waals surface area (Å²) in [5, 5.41) is 2.47. The van der Waals surface area contributed by atoms with Gasteiger partial charge in [0.25, 0.3) is 0 Å². The summed E-state index contributed by atoms with van der Waals surface area (Å²) in [5.74, 6) is 0. The van der Waals surface area contributed by atoms with Crippen LogP contribution < -0.4 is 11.1 Å². The van der Waals surface area contributed by atoms with Crippen molar-refractivity contribution in [1.82, 2.24) is 5.32 Å². The van der Waals surface area contributed by atoms with Crippen LogP contribution in [0.5, 0.6) is 0 Å². The molecule has 0 bridgehead atoms. The van der Waals surface area contributed by atoms with E-state index < -0.39 is 6.09 Å². The highest BCUT2D eigenvalue weighted by atomic mass is 16.6. The Balaban J connectivity index is 3.08. The van der Waals surface area contributed by atoms with Crippen molar-refractivity contribution >= 4 is 6.09 Å². The lowest BCUT2D eigenvalue weighted by Crippen LogP contribution is -2.30. The molecule has 3 N–H and O–H groups in total. The zero-order chi connectivity index (χ0) is 9.23. The molecule has 5 heteroatoms. The van der Waals surface area contributed by atoms with Gasteiger partial charge in [0.2, 0.25) is 0 Å². The van der Waals surface area contributed by atoms with E-state index in [1.807, 2.05) is 6.92 Å². The lowest BCUT2D eigenvalue weighted by atomic mass is 10.6. The Morgan fingerprint density at radius 3 is 2.83 bits per heavy atom. The standard InChI is InChI=1S/C7H16N2O3/c1-2-11-5-6-12-7(10)9-4-3-8/h2-6,8H2,1H3,(H,9,10). The first-order valence-electron chi connectivity index (χ1n) is 3.99. The van der Waals surface area contributed by atoms with E-state index in [-0.39, 0.29) is 6.61 Å². The Hall–Kier alpha value is -0.810. The van der Waals surface area contributed by atoms with Gasteiger partial charge in [0.15, 0.2) is 0 Å². The van der Waals surface area contributed by atoms with Crippen molar-refractivity contribution < 1.29 is 14.3 Å². The number of hydrogen-bond acceptors (Lipinski definition) is 4. The van der Waals surface area contributed by atoms with Crippen molar-refractivity contribution in [3.05, 3.63) is 0 Å². The van der Waals surface area contributed by atoms with Gasteiger partial charge in [-0.15, -0.1) is 0 Å². The number of nitrogens with one attached hydrogen (secondary N) is 1. The molecule has 0 saturated carbocycles. The van der Waals surface area contributed by atoms with Gasteiger partial charge in [-0.3, -0.25) is 0 Å². The maximum absolute atomic E-state index is 10.7. The topological polar surface area (TPSA) is 73.6 Å². The molecular weight excluding hydrogens is 160 g/mol. The van der Waals surface area contributed by atoms with Crippen molar-refractivity contribution in [3.8, 4) is 0 Å². The average Bonchev–Trinajstić information content (AvgIpc) is 2.09. The number of nitrogens with two attached hydrogens (primary N) is 1. The van der Waals surface area contributed by atoms with Gasteiger partial charge in [0.1, 0.15) is 6.61 Å². The Morgan fingerprint density at radius 1 is 1.50 bits per heavy atom. The first kappa shape index (κ1) is 11.2. The summed E-state index contributed by atoms with van der Waals surface area (Å²) in [6.45, 7) is 4.09. The molecule has 0 saturated heterocycles. The molecule has 0 aromatic rings. The fourth-order valence-electron chi connectivity index (χ4n) is 0.563. The van der Waals surface area contributed by atoms with Gasteiger partial charge in [0, 0.05) is 19.7 Å². The highest BCUT2D eigenvalue weighted by molar-refractivity contribution is 5.66. The summed E-state index contributed by atoms with van der Waals surface area (Å²) in [7, 11) is 0. The summed E-state index contributed by atoms with van der Waals surface area (Å²) in [6.07, 6.45) is -0.444. The number of rotatable bonds is 6. The SMILES string of the molecule is CCOCCOC(=O)NCCN. The molecule has 0 spiro atoms. The summed E-state index contributed by atoms with van der Waals surface area (Å²) < 4.78 is 9.67. The lowest BCUT2D eigenvalue weighted by molar-refractivity contribution is 0.0790. The minimum atomic E-state index is -0.444. The Kier molecular flexibility index (Phi) is 7.73. The first-order valence-corrected chi connectivity index (χ1v) is 3.99. The maximum atomic E-state index is 10.7. The number of carbonyl (C=O) groups excluding carboxylic acids is 1. The molecular formula is C7H16N2O3. The predicted octanol–water partition coefficient (Wildman–Crippen LogP) is -0.292. The molecule has 0 unspecified atom stereocenters. The molecule has 72 valence electrons. The maximum Gasteiger partial charge on any atom is 0.407 e. The predicted molar refractivity (Wildman–Crippen MR) is 44.9 cm³/mol. The van der Waals surface area contributed by atoms with E-state index in [1.165, 1.54) is 0 Å². The molecule has 0 aliphatic carbocycles. The smallest absolute Gasteiger partial charge is 0.407 e. The van der Waals surface area contributed by atoms with E-state index >= 15 is 0 Å². The number of alkyl carbamates (subject to hydrolysis) is 1. The molecule has 0 aliphatic rings. The largest absolute Gasteiger partial charge is 0.447 e. The number of hydrogen-bond donors (Lipinski definition) is 2. The molecule has 0 radical (unpaired) electrons. The van der Waals surface area contributed by atoms with Gasteiger partial charge in [-0.1, -0.05) is 0 Å². The van der Waals surface area contributed by atoms with Crippen LogP contribution in [0.1, 0.15) is 6.92 Å². The van der Waals surface area contributed by atoms with Crippen LogP contribution in [-0.2, 0) is 9.47 Å². The third kappa shape index (κ3) is 7.30. The molecule has 0 aliphatic heterocycles. The fourth-order valence-corrected chi connectivity index (χ4v) is 0.563. The van der Waals surface area contributed by atoms with Gasteiger partial charge in [-0.25, -0.2) is 4.79 Å². The summed E-state index contributed by atoms with van der Waals surface area (Å²) in [6, 6.07) is 0. The first-order chi connectivity index (χ1) is 5.81. The van der Waals surface area contributed by atoms with E-state index in [2.05, 4.69) is 5.32 Å². The monoisotopic (exact) mass is 176 g/mol. The lowest BCUT2D eigenvalue weighted by Gasteiger charge is -2.05. The Bertz CT molecular complexity index is 119. The molecule has 0 aromatic carbocycles. The van der Waals surface area contributed by atoms with Crippen LogP contribution in [-0.4, -0.2) is 39.0 Å². The van der Waals surface area contributed by atoms with Gasteiger partial charge in [0.05, 0.1) is 6.61 Å². The van der Waals surface area contributed by atoms with Crippen molar-refractivity contribution in [2.24, 2.45) is 5.73 Å². The Labute approximate surface area is 72.2 Å². The van der Waals surface area contributed by atoms with Crippen LogP contribution >= 0.6 is 0 Å². The average molecular weight is 176 g/mol. The Morgan fingerprint density at radius 2 is 2.25 bits per heavy atom. The zero-order valence-electron chi connectivity index (χ0n) is 7.34. The molecule has 5 nitrogen and oxygen atoms in total. The number of carbonyl (C=O) groups is 1. The van der Waals surface area contributed by atoms with E-state index in [0.29, 0.717) is 26.3 Å². The van der Waals surface area contributed by atoms with Gasteiger partial charge >= 0.3 is 6.09 Å².